The van der Waals surface area contributed by atoms with Crippen molar-refractivity contribution in [3.8, 4) is 11.3 Å². The van der Waals surface area contributed by atoms with E-state index in [0.29, 0.717) is 30.5 Å². The topological polar surface area (TPSA) is 49.6 Å². The molecule has 6 heteroatoms. The molecule has 0 bridgehead atoms. The van der Waals surface area contributed by atoms with Crippen molar-refractivity contribution in [1.29, 1.82) is 0 Å². The number of rotatable bonds is 3. The van der Waals surface area contributed by atoms with Crippen LogP contribution in [0.1, 0.15) is 17.1 Å². The van der Waals surface area contributed by atoms with Crippen LogP contribution >= 0.6 is 11.6 Å². The number of anilines is 1. The Morgan fingerprint density at radius 1 is 1.11 bits per heavy atom. The molecule has 0 N–H and O–H groups in total. The number of oxazole rings is 1. The molecule has 3 aromatic rings. The van der Waals surface area contributed by atoms with Gasteiger partial charge in [-0.2, -0.15) is 0 Å². The zero-order valence-corrected chi connectivity index (χ0v) is 16.0. The summed E-state index contributed by atoms with van der Waals surface area (Å²) in [6.07, 6.45) is 0. The van der Waals surface area contributed by atoms with Crippen LogP contribution in [0.4, 0.5) is 5.69 Å². The molecule has 0 radical (unpaired) electrons. The summed E-state index contributed by atoms with van der Waals surface area (Å²) in [5.41, 5.74) is 3.83. The van der Waals surface area contributed by atoms with Crippen molar-refractivity contribution in [2.24, 2.45) is 0 Å². The number of carbonyl (C=O) groups excluding carboxylic acids is 1. The standard InChI is InChI=1S/C21H20ClN3O2/c1-14-21(15-7-9-17(22)10-8-15)27-19(23-14)12-25-11-16-5-3-4-6-18(16)24(2)20(26)13-25/h3-10H,11-13H2,1-2H3. The van der Waals surface area contributed by atoms with Crippen molar-refractivity contribution < 1.29 is 9.21 Å². The minimum absolute atomic E-state index is 0.0566. The highest BCUT2D eigenvalue weighted by molar-refractivity contribution is 6.30. The first-order valence-corrected chi connectivity index (χ1v) is 9.18. The predicted molar refractivity (Wildman–Crippen MR) is 106 cm³/mol. The second kappa shape index (κ2) is 7.18. The van der Waals surface area contributed by atoms with E-state index in [1.165, 1.54) is 0 Å². The monoisotopic (exact) mass is 381 g/mol. The van der Waals surface area contributed by atoms with Gasteiger partial charge in [0.2, 0.25) is 11.8 Å². The van der Waals surface area contributed by atoms with Gasteiger partial charge in [0, 0.05) is 29.9 Å². The highest BCUT2D eigenvalue weighted by Gasteiger charge is 2.25. The summed E-state index contributed by atoms with van der Waals surface area (Å²) in [5, 5.41) is 0.682. The molecule has 138 valence electrons. The maximum Gasteiger partial charge on any atom is 0.240 e. The van der Waals surface area contributed by atoms with E-state index >= 15 is 0 Å². The maximum atomic E-state index is 12.5. The number of benzene rings is 2. The quantitative estimate of drug-likeness (QED) is 0.679. The first-order chi connectivity index (χ1) is 13.0. The fourth-order valence-electron chi connectivity index (χ4n) is 3.39. The van der Waals surface area contributed by atoms with Gasteiger partial charge in [-0.1, -0.05) is 29.8 Å². The van der Waals surface area contributed by atoms with Crippen LogP contribution in [0.15, 0.2) is 52.9 Å². The fourth-order valence-corrected chi connectivity index (χ4v) is 3.52. The Morgan fingerprint density at radius 2 is 1.85 bits per heavy atom. The van der Waals surface area contributed by atoms with E-state index in [9.17, 15) is 4.79 Å². The van der Waals surface area contributed by atoms with E-state index in [0.717, 1.165) is 28.3 Å². The van der Waals surface area contributed by atoms with Crippen LogP contribution in [0.2, 0.25) is 5.02 Å². The van der Waals surface area contributed by atoms with Gasteiger partial charge < -0.3 is 9.32 Å². The Labute approximate surface area is 163 Å². The molecule has 27 heavy (non-hydrogen) atoms. The lowest BCUT2D eigenvalue weighted by Crippen LogP contribution is -2.34. The minimum Gasteiger partial charge on any atom is -0.439 e. The van der Waals surface area contributed by atoms with Crippen LogP contribution < -0.4 is 4.90 Å². The van der Waals surface area contributed by atoms with Crippen molar-refractivity contribution in [3.63, 3.8) is 0 Å². The lowest BCUT2D eigenvalue weighted by Gasteiger charge is -2.17. The Hall–Kier alpha value is -2.63. The predicted octanol–water partition coefficient (Wildman–Crippen LogP) is 4.28. The van der Waals surface area contributed by atoms with Crippen LogP contribution in [-0.2, 0) is 17.9 Å². The van der Waals surface area contributed by atoms with Gasteiger partial charge in [-0.3, -0.25) is 9.69 Å². The number of carbonyl (C=O) groups is 1. The van der Waals surface area contributed by atoms with Crippen molar-refractivity contribution in [2.45, 2.75) is 20.0 Å². The van der Waals surface area contributed by atoms with E-state index in [2.05, 4.69) is 16.0 Å². The molecule has 4 rings (SSSR count). The fraction of sp³-hybridized carbons (Fsp3) is 0.238. The zero-order chi connectivity index (χ0) is 19.0. The number of halogens is 1. The number of hydrogen-bond acceptors (Lipinski definition) is 4. The summed E-state index contributed by atoms with van der Waals surface area (Å²) in [6.45, 7) is 3.39. The van der Waals surface area contributed by atoms with Crippen LogP contribution in [0.25, 0.3) is 11.3 Å². The van der Waals surface area contributed by atoms with Crippen LogP contribution in [0.5, 0.6) is 0 Å². The molecule has 2 heterocycles. The van der Waals surface area contributed by atoms with Gasteiger partial charge in [0.05, 0.1) is 18.8 Å². The third kappa shape index (κ3) is 3.61. The van der Waals surface area contributed by atoms with Crippen LogP contribution in [-0.4, -0.2) is 29.4 Å². The van der Waals surface area contributed by atoms with E-state index in [-0.39, 0.29) is 5.91 Å². The second-order valence-corrected chi connectivity index (χ2v) is 7.19. The smallest absolute Gasteiger partial charge is 0.240 e. The molecular formula is C21H20ClN3O2. The maximum absolute atomic E-state index is 12.5. The third-order valence-corrected chi connectivity index (χ3v) is 5.04. The highest BCUT2D eigenvalue weighted by atomic mass is 35.5. The Morgan fingerprint density at radius 3 is 2.63 bits per heavy atom. The number of amides is 1. The summed E-state index contributed by atoms with van der Waals surface area (Å²) in [7, 11) is 1.82. The molecule has 1 aliphatic heterocycles. The number of aryl methyl sites for hydroxylation is 1. The number of fused-ring (bicyclic) bond motifs is 1. The Balaban J connectivity index is 1.58. The number of likely N-dealkylation sites (N-methyl/N-ethyl adjacent to an activating group) is 1. The van der Waals surface area contributed by atoms with Gasteiger partial charge in [0.15, 0.2) is 5.76 Å². The molecule has 0 unspecified atom stereocenters. The zero-order valence-electron chi connectivity index (χ0n) is 15.3. The van der Waals surface area contributed by atoms with Gasteiger partial charge in [0.25, 0.3) is 0 Å². The minimum atomic E-state index is 0.0566. The second-order valence-electron chi connectivity index (χ2n) is 6.76. The van der Waals surface area contributed by atoms with Crippen LogP contribution in [0.3, 0.4) is 0 Å². The van der Waals surface area contributed by atoms with Gasteiger partial charge >= 0.3 is 0 Å². The molecule has 0 fully saturated rings. The number of nitrogens with zero attached hydrogens (tertiary/aromatic N) is 3. The molecule has 1 aliphatic rings. The lowest BCUT2D eigenvalue weighted by atomic mass is 10.1. The molecule has 0 atom stereocenters. The SMILES string of the molecule is Cc1nc(CN2CC(=O)N(C)c3ccccc3C2)oc1-c1ccc(Cl)cc1. The molecule has 0 aliphatic carbocycles. The Bertz CT molecular complexity index is 981. The van der Waals surface area contributed by atoms with E-state index in [1.54, 1.807) is 4.90 Å². The van der Waals surface area contributed by atoms with Crippen molar-refractivity contribution >= 4 is 23.2 Å². The number of aromatic nitrogens is 1. The van der Waals surface area contributed by atoms with Crippen molar-refractivity contribution in [2.75, 3.05) is 18.5 Å². The Kier molecular flexibility index (Phi) is 4.72. The first kappa shape index (κ1) is 17.8. The summed E-state index contributed by atoms with van der Waals surface area (Å²) in [6, 6.07) is 15.5. The molecule has 0 spiro atoms. The number of hydrogen-bond donors (Lipinski definition) is 0. The van der Waals surface area contributed by atoms with Crippen LogP contribution in [0, 0.1) is 6.92 Å². The first-order valence-electron chi connectivity index (χ1n) is 8.80. The molecule has 0 saturated heterocycles. The molecule has 1 amide bonds. The van der Waals surface area contributed by atoms with Gasteiger partial charge in [-0.25, -0.2) is 4.98 Å². The van der Waals surface area contributed by atoms with Gasteiger partial charge in [0.1, 0.15) is 0 Å². The summed E-state index contributed by atoms with van der Waals surface area (Å²) >= 11 is 5.97. The van der Waals surface area contributed by atoms with E-state index < -0.39 is 0 Å². The lowest BCUT2D eigenvalue weighted by molar-refractivity contribution is -0.119. The molecule has 5 nitrogen and oxygen atoms in total. The third-order valence-electron chi connectivity index (χ3n) is 4.79. The highest BCUT2D eigenvalue weighted by Crippen LogP contribution is 2.28. The average molecular weight is 382 g/mol. The average Bonchev–Trinajstić information content (AvgIpc) is 2.96. The normalized spacial score (nSPS) is 14.9. The van der Waals surface area contributed by atoms with E-state index in [4.69, 9.17) is 16.0 Å². The summed E-state index contributed by atoms with van der Waals surface area (Å²) in [5.74, 6) is 1.40. The van der Waals surface area contributed by atoms with Gasteiger partial charge in [-0.15, -0.1) is 0 Å². The largest absolute Gasteiger partial charge is 0.439 e. The number of para-hydroxylation sites is 1. The molecular weight excluding hydrogens is 362 g/mol. The van der Waals surface area contributed by atoms with Crippen molar-refractivity contribution in [1.82, 2.24) is 9.88 Å². The molecule has 2 aromatic carbocycles. The summed E-state index contributed by atoms with van der Waals surface area (Å²) < 4.78 is 6.01. The molecule has 0 saturated carbocycles. The van der Waals surface area contributed by atoms with E-state index in [1.807, 2.05) is 56.4 Å². The van der Waals surface area contributed by atoms with Gasteiger partial charge in [-0.05, 0) is 42.8 Å². The van der Waals surface area contributed by atoms with Crippen molar-refractivity contribution in [3.05, 3.63) is 70.7 Å². The molecule has 1 aromatic heterocycles. The summed E-state index contributed by atoms with van der Waals surface area (Å²) in [4.78, 5) is 20.9.